The molecule has 1 aliphatic rings. The summed E-state index contributed by atoms with van der Waals surface area (Å²) in [4.78, 5) is 34.3. The number of para-hydroxylation sites is 1. The standard InChI is InChI=1S/C22H29FN6O2/c1-4-5-10-29-18(24-20-19(29)21(30)26(3)22(31)25(20)2)15-27-11-13-28(14-12-27)17-9-7-6-8-16(17)23/h6-9H,4-5,10-15H2,1-3H3. The van der Waals surface area contributed by atoms with Crippen LogP contribution in [-0.2, 0) is 27.2 Å². The molecule has 0 N–H and O–H groups in total. The lowest BCUT2D eigenvalue weighted by molar-refractivity contribution is 0.240. The van der Waals surface area contributed by atoms with Crippen molar-refractivity contribution in [2.45, 2.75) is 32.9 Å². The zero-order chi connectivity index (χ0) is 22.1. The van der Waals surface area contributed by atoms with Gasteiger partial charge >= 0.3 is 5.69 Å². The number of halogens is 1. The predicted octanol–water partition coefficient (Wildman–Crippen LogP) is 1.70. The van der Waals surface area contributed by atoms with Crippen molar-refractivity contribution in [3.05, 3.63) is 56.7 Å². The van der Waals surface area contributed by atoms with E-state index in [4.69, 9.17) is 4.98 Å². The van der Waals surface area contributed by atoms with Crippen molar-refractivity contribution in [3.63, 3.8) is 0 Å². The van der Waals surface area contributed by atoms with E-state index in [1.54, 1.807) is 13.1 Å². The molecule has 31 heavy (non-hydrogen) atoms. The molecule has 1 fully saturated rings. The molecule has 0 amide bonds. The first-order chi connectivity index (χ1) is 14.9. The summed E-state index contributed by atoms with van der Waals surface area (Å²) in [6.45, 7) is 6.34. The number of aromatic nitrogens is 4. The fraction of sp³-hybridized carbons (Fsp3) is 0.500. The van der Waals surface area contributed by atoms with Crippen molar-refractivity contribution in [1.82, 2.24) is 23.6 Å². The SMILES string of the molecule is CCCCn1c(CN2CCN(c3ccccc3F)CC2)nc2c1c(=O)n(C)c(=O)n2C. The van der Waals surface area contributed by atoms with Crippen molar-refractivity contribution in [3.8, 4) is 0 Å². The minimum atomic E-state index is -0.373. The van der Waals surface area contributed by atoms with Crippen molar-refractivity contribution in [2.75, 3.05) is 31.1 Å². The summed E-state index contributed by atoms with van der Waals surface area (Å²) in [5, 5.41) is 0. The molecule has 1 saturated heterocycles. The first-order valence-corrected chi connectivity index (χ1v) is 10.8. The first kappa shape index (κ1) is 21.3. The molecule has 0 atom stereocenters. The highest BCUT2D eigenvalue weighted by Gasteiger charge is 2.23. The monoisotopic (exact) mass is 428 g/mol. The summed E-state index contributed by atoms with van der Waals surface area (Å²) in [5.41, 5.74) is 0.873. The van der Waals surface area contributed by atoms with Gasteiger partial charge in [-0.25, -0.2) is 14.2 Å². The van der Waals surface area contributed by atoms with Gasteiger partial charge in [0.2, 0.25) is 0 Å². The number of fused-ring (bicyclic) bond motifs is 1. The van der Waals surface area contributed by atoms with Crippen LogP contribution in [0.3, 0.4) is 0 Å². The Hall–Kier alpha value is -2.94. The third kappa shape index (κ3) is 3.89. The molecule has 2 aromatic heterocycles. The van der Waals surface area contributed by atoms with Crippen LogP contribution in [0.1, 0.15) is 25.6 Å². The van der Waals surface area contributed by atoms with E-state index in [1.165, 1.54) is 17.7 Å². The van der Waals surface area contributed by atoms with Crippen LogP contribution in [0.5, 0.6) is 0 Å². The Morgan fingerprint density at radius 3 is 2.42 bits per heavy atom. The highest BCUT2D eigenvalue weighted by atomic mass is 19.1. The van der Waals surface area contributed by atoms with Gasteiger partial charge in [0.15, 0.2) is 11.2 Å². The molecule has 0 unspecified atom stereocenters. The number of aryl methyl sites for hydroxylation is 2. The summed E-state index contributed by atoms with van der Waals surface area (Å²) in [6.07, 6.45) is 1.91. The summed E-state index contributed by atoms with van der Waals surface area (Å²) in [7, 11) is 3.15. The van der Waals surface area contributed by atoms with Gasteiger partial charge in [-0.05, 0) is 18.6 Å². The van der Waals surface area contributed by atoms with Crippen molar-refractivity contribution in [1.29, 1.82) is 0 Å². The van der Waals surface area contributed by atoms with Crippen LogP contribution in [0.4, 0.5) is 10.1 Å². The maximum Gasteiger partial charge on any atom is 0.332 e. The number of anilines is 1. The van der Waals surface area contributed by atoms with Gasteiger partial charge in [-0.3, -0.25) is 18.8 Å². The van der Waals surface area contributed by atoms with Gasteiger partial charge in [0, 0.05) is 46.8 Å². The maximum atomic E-state index is 14.1. The summed E-state index contributed by atoms with van der Waals surface area (Å²) in [6, 6.07) is 6.85. The Morgan fingerprint density at radius 2 is 1.74 bits per heavy atom. The molecule has 0 saturated carbocycles. The van der Waals surface area contributed by atoms with Gasteiger partial charge in [-0.2, -0.15) is 0 Å². The van der Waals surface area contributed by atoms with E-state index < -0.39 is 0 Å². The normalized spacial score (nSPS) is 15.2. The van der Waals surface area contributed by atoms with Crippen LogP contribution in [0.25, 0.3) is 11.2 Å². The minimum absolute atomic E-state index is 0.200. The van der Waals surface area contributed by atoms with E-state index in [0.29, 0.717) is 29.9 Å². The molecule has 1 aromatic carbocycles. The number of imidazole rings is 1. The number of rotatable bonds is 6. The second-order valence-electron chi connectivity index (χ2n) is 8.13. The van der Waals surface area contributed by atoms with Crippen LogP contribution in [0.15, 0.2) is 33.9 Å². The summed E-state index contributed by atoms with van der Waals surface area (Å²) >= 11 is 0. The fourth-order valence-corrected chi connectivity index (χ4v) is 4.22. The van der Waals surface area contributed by atoms with E-state index in [2.05, 4.69) is 16.7 Å². The average molecular weight is 429 g/mol. The van der Waals surface area contributed by atoms with Gasteiger partial charge in [-0.1, -0.05) is 25.5 Å². The quantitative estimate of drug-likeness (QED) is 0.598. The molecule has 0 aliphatic carbocycles. The smallest absolute Gasteiger partial charge is 0.332 e. The molecule has 0 bridgehead atoms. The molecule has 1 aliphatic heterocycles. The molecule has 3 heterocycles. The predicted molar refractivity (Wildman–Crippen MR) is 119 cm³/mol. The second-order valence-corrected chi connectivity index (χ2v) is 8.13. The number of unbranched alkanes of at least 4 members (excludes halogenated alkanes) is 1. The summed E-state index contributed by atoms with van der Waals surface area (Å²) in [5.74, 6) is 0.593. The highest BCUT2D eigenvalue weighted by Crippen LogP contribution is 2.21. The molecular weight excluding hydrogens is 399 g/mol. The fourth-order valence-electron chi connectivity index (χ4n) is 4.22. The average Bonchev–Trinajstić information content (AvgIpc) is 3.14. The maximum absolute atomic E-state index is 14.1. The van der Waals surface area contributed by atoms with Gasteiger partial charge in [0.25, 0.3) is 5.56 Å². The molecule has 4 rings (SSSR count). The van der Waals surface area contributed by atoms with Gasteiger partial charge in [0.05, 0.1) is 12.2 Å². The Morgan fingerprint density at radius 1 is 1.03 bits per heavy atom. The Balaban J connectivity index is 1.61. The zero-order valence-corrected chi connectivity index (χ0v) is 18.3. The van der Waals surface area contributed by atoms with Crippen LogP contribution in [0.2, 0.25) is 0 Å². The molecule has 166 valence electrons. The lowest BCUT2D eigenvalue weighted by Crippen LogP contribution is -2.46. The number of nitrogens with zero attached hydrogens (tertiary/aromatic N) is 6. The van der Waals surface area contributed by atoms with Crippen LogP contribution in [-0.4, -0.2) is 49.8 Å². The Bertz CT molecular complexity index is 1200. The Labute approximate surface area is 180 Å². The summed E-state index contributed by atoms with van der Waals surface area (Å²) < 4.78 is 18.7. The number of hydrogen-bond donors (Lipinski definition) is 0. The zero-order valence-electron chi connectivity index (χ0n) is 18.3. The van der Waals surface area contributed by atoms with Crippen LogP contribution < -0.4 is 16.1 Å². The molecule has 0 spiro atoms. The van der Waals surface area contributed by atoms with Gasteiger partial charge in [0.1, 0.15) is 11.6 Å². The Kier molecular flexibility index (Phi) is 5.95. The molecule has 9 heteroatoms. The molecular formula is C22H29FN6O2. The van der Waals surface area contributed by atoms with E-state index in [-0.39, 0.29) is 17.1 Å². The first-order valence-electron chi connectivity index (χ1n) is 10.8. The van der Waals surface area contributed by atoms with E-state index >= 15 is 0 Å². The third-order valence-electron chi connectivity index (χ3n) is 6.09. The van der Waals surface area contributed by atoms with Gasteiger partial charge < -0.3 is 9.47 Å². The van der Waals surface area contributed by atoms with Crippen LogP contribution >= 0.6 is 0 Å². The minimum Gasteiger partial charge on any atom is -0.367 e. The third-order valence-corrected chi connectivity index (χ3v) is 6.09. The molecule has 3 aromatic rings. The molecule has 8 nitrogen and oxygen atoms in total. The number of piperazine rings is 1. The largest absolute Gasteiger partial charge is 0.367 e. The number of benzene rings is 1. The molecule has 0 radical (unpaired) electrons. The highest BCUT2D eigenvalue weighted by molar-refractivity contribution is 5.71. The van der Waals surface area contributed by atoms with Crippen molar-refractivity contribution in [2.24, 2.45) is 14.1 Å². The second kappa shape index (κ2) is 8.66. The van der Waals surface area contributed by atoms with Crippen LogP contribution in [0, 0.1) is 5.82 Å². The number of hydrogen-bond acceptors (Lipinski definition) is 5. The van der Waals surface area contributed by atoms with Crippen molar-refractivity contribution >= 4 is 16.9 Å². The lowest BCUT2D eigenvalue weighted by Gasteiger charge is -2.36. The van der Waals surface area contributed by atoms with E-state index in [9.17, 15) is 14.0 Å². The van der Waals surface area contributed by atoms with Crippen molar-refractivity contribution < 1.29 is 4.39 Å². The van der Waals surface area contributed by atoms with E-state index in [0.717, 1.165) is 49.4 Å². The van der Waals surface area contributed by atoms with E-state index in [1.807, 2.05) is 16.7 Å². The van der Waals surface area contributed by atoms with Gasteiger partial charge in [-0.15, -0.1) is 0 Å². The lowest BCUT2D eigenvalue weighted by atomic mass is 10.2. The topological polar surface area (TPSA) is 68.3 Å².